The van der Waals surface area contributed by atoms with Gasteiger partial charge in [0.25, 0.3) is 0 Å². The molecule has 0 radical (unpaired) electrons. The Labute approximate surface area is 174 Å². The molecule has 0 aromatic carbocycles. The van der Waals surface area contributed by atoms with Crippen molar-refractivity contribution in [2.24, 2.45) is 11.8 Å². The second-order valence-corrected chi connectivity index (χ2v) is 9.71. The molecular weight excluding hydrogens is 372 g/mol. The Morgan fingerprint density at radius 1 is 1.10 bits per heavy atom. The van der Waals surface area contributed by atoms with E-state index in [2.05, 4.69) is 40.0 Å². The third-order valence-corrected chi connectivity index (χ3v) is 7.57. The van der Waals surface area contributed by atoms with E-state index in [1.807, 2.05) is 0 Å². The lowest BCUT2D eigenvalue weighted by Gasteiger charge is -2.38. The molecule has 0 aromatic heterocycles. The fourth-order valence-electron chi connectivity index (χ4n) is 5.70. The van der Waals surface area contributed by atoms with Crippen LogP contribution in [0.4, 0.5) is 0 Å². The van der Waals surface area contributed by atoms with Gasteiger partial charge in [0.15, 0.2) is 0 Å². The Morgan fingerprint density at radius 2 is 1.90 bits per heavy atom. The number of nitrogens with zero attached hydrogens (tertiary/aromatic N) is 3. The summed E-state index contributed by atoms with van der Waals surface area (Å²) in [7, 11) is 4.26. The molecule has 0 aromatic rings. The second-order valence-electron chi connectivity index (χ2n) is 9.71. The summed E-state index contributed by atoms with van der Waals surface area (Å²) in [5, 5.41) is 27.8. The van der Waals surface area contributed by atoms with Gasteiger partial charge in [0.2, 0.25) is 0 Å². The lowest BCUT2D eigenvalue weighted by Crippen LogP contribution is -2.54. The summed E-state index contributed by atoms with van der Waals surface area (Å²) < 4.78 is 0. The highest BCUT2D eigenvalue weighted by Gasteiger charge is 2.41. The van der Waals surface area contributed by atoms with Crippen LogP contribution in [0.2, 0.25) is 0 Å². The van der Waals surface area contributed by atoms with Crippen LogP contribution in [-0.4, -0.2) is 84.6 Å². The molecule has 3 heterocycles. The Hall–Kier alpha value is -0.360. The predicted molar refractivity (Wildman–Crippen MR) is 110 cm³/mol. The molecule has 1 saturated carbocycles. The first kappa shape index (κ1) is 21.9. The fourth-order valence-corrected chi connectivity index (χ4v) is 5.70. The number of hydrogen-bond acceptors (Lipinski definition) is 9. The van der Waals surface area contributed by atoms with Crippen molar-refractivity contribution >= 4 is 0 Å². The van der Waals surface area contributed by atoms with Crippen molar-refractivity contribution in [2.75, 3.05) is 33.7 Å². The van der Waals surface area contributed by atoms with E-state index < -0.39 is 0 Å². The molecule has 5 atom stereocenters. The van der Waals surface area contributed by atoms with Gasteiger partial charge in [-0.1, -0.05) is 0 Å². The third-order valence-electron chi connectivity index (χ3n) is 7.57. The first-order valence-electron chi connectivity index (χ1n) is 11.5. The van der Waals surface area contributed by atoms with E-state index >= 15 is 0 Å². The monoisotopic (exact) mass is 411 g/mol. The average molecular weight is 412 g/mol. The lowest BCUT2D eigenvalue weighted by atomic mass is 9.86. The predicted octanol–water partition coefficient (Wildman–Crippen LogP) is 0.863. The van der Waals surface area contributed by atoms with Gasteiger partial charge in [-0.05, 0) is 77.9 Å². The van der Waals surface area contributed by atoms with Crippen LogP contribution in [0, 0.1) is 17.0 Å². The normalized spacial score (nSPS) is 42.2. The topological polar surface area (TPSA) is 98.3 Å². The molecule has 0 amide bonds. The van der Waals surface area contributed by atoms with Crippen LogP contribution in [0.3, 0.4) is 0 Å². The number of hydrogen-bond donors (Lipinski definition) is 4. The van der Waals surface area contributed by atoms with Gasteiger partial charge in [-0.15, -0.1) is 0 Å². The van der Waals surface area contributed by atoms with Crippen molar-refractivity contribution in [1.29, 1.82) is 0 Å². The molecule has 1 aliphatic carbocycles. The Kier molecular flexibility index (Phi) is 7.42. The van der Waals surface area contributed by atoms with E-state index in [9.17, 15) is 5.21 Å². The summed E-state index contributed by atoms with van der Waals surface area (Å²) in [6.45, 7) is 3.20. The van der Waals surface area contributed by atoms with Crippen LogP contribution < -0.4 is 16.1 Å². The maximum Gasteiger partial charge on any atom is 0.146 e. The zero-order chi connectivity index (χ0) is 20.4. The van der Waals surface area contributed by atoms with Gasteiger partial charge in [-0.25, -0.2) is 0 Å². The Balaban J connectivity index is 1.24. The number of piperidine rings is 1. The number of rotatable bonds is 6. The fraction of sp³-hybridized carbons (Fsp3) is 1.00. The van der Waals surface area contributed by atoms with Crippen molar-refractivity contribution in [2.45, 2.75) is 82.0 Å². The Bertz CT molecular complexity index is 508. The minimum atomic E-state index is -0.207. The largest absolute Gasteiger partial charge is 0.762 e. The standard InChI is InChI=1S/C20H39N6O3/c1-24(2)18-10-7-15(12-21-18)19-22-20(29-23-19)17-4-3-11-25(17)13-14-5-8-16(9-6-14)26(27)28/h14-23,27H,3-13H2,1-2H3/q-1/t14?,15?,16?,17-,18?,19?,20?/m1/s1. The molecule has 4 unspecified atom stereocenters. The smallest absolute Gasteiger partial charge is 0.146 e. The van der Waals surface area contributed by atoms with Crippen molar-refractivity contribution in [3.8, 4) is 0 Å². The molecule has 0 bridgehead atoms. The minimum Gasteiger partial charge on any atom is -0.762 e. The van der Waals surface area contributed by atoms with Crippen molar-refractivity contribution in [1.82, 2.24) is 31.1 Å². The highest BCUT2D eigenvalue weighted by molar-refractivity contribution is 4.92. The van der Waals surface area contributed by atoms with Crippen LogP contribution in [0.1, 0.15) is 51.4 Å². The zero-order valence-electron chi connectivity index (χ0n) is 17.9. The quantitative estimate of drug-likeness (QED) is 0.474. The van der Waals surface area contributed by atoms with E-state index in [1.165, 1.54) is 12.8 Å². The maximum absolute atomic E-state index is 11.1. The van der Waals surface area contributed by atoms with E-state index in [-0.39, 0.29) is 23.7 Å². The molecule has 4 rings (SSSR count). The van der Waals surface area contributed by atoms with Crippen molar-refractivity contribution in [3.63, 3.8) is 0 Å². The molecule has 0 spiro atoms. The van der Waals surface area contributed by atoms with Gasteiger partial charge < -0.3 is 15.7 Å². The molecule has 4 aliphatic rings. The van der Waals surface area contributed by atoms with Crippen LogP contribution in [0.5, 0.6) is 0 Å². The van der Waals surface area contributed by atoms with E-state index in [4.69, 9.17) is 10.0 Å². The summed E-state index contributed by atoms with van der Waals surface area (Å²) in [5.74, 6) is 1.15. The molecule has 29 heavy (non-hydrogen) atoms. The number of hydroxylamine groups is 3. The molecule has 168 valence electrons. The number of likely N-dealkylation sites (tertiary alicyclic amines) is 1. The molecule has 3 saturated heterocycles. The van der Waals surface area contributed by atoms with Gasteiger partial charge in [-0.2, -0.15) is 5.48 Å². The van der Waals surface area contributed by atoms with Crippen LogP contribution in [0.15, 0.2) is 0 Å². The van der Waals surface area contributed by atoms with Gasteiger partial charge in [0, 0.05) is 25.0 Å². The summed E-state index contributed by atoms with van der Waals surface area (Å²) in [4.78, 5) is 10.9. The van der Waals surface area contributed by atoms with E-state index in [1.54, 1.807) is 0 Å². The molecule has 3 aliphatic heterocycles. The molecular formula is C20H39N6O3-. The summed E-state index contributed by atoms with van der Waals surface area (Å²) in [5.41, 5.74) is 3.28. The van der Waals surface area contributed by atoms with Gasteiger partial charge in [0.1, 0.15) is 6.23 Å². The average Bonchev–Trinajstić information content (AvgIpc) is 3.38. The number of nitrogens with one attached hydrogen (secondary N) is 3. The zero-order valence-corrected chi connectivity index (χ0v) is 17.9. The van der Waals surface area contributed by atoms with Crippen molar-refractivity contribution < 1.29 is 10.0 Å². The van der Waals surface area contributed by atoms with Gasteiger partial charge >= 0.3 is 0 Å². The van der Waals surface area contributed by atoms with Gasteiger partial charge in [-0.3, -0.25) is 25.2 Å². The highest BCUT2D eigenvalue weighted by atomic mass is 16.8. The molecule has 4 fully saturated rings. The first-order valence-corrected chi connectivity index (χ1v) is 11.5. The highest BCUT2D eigenvalue weighted by Crippen LogP contribution is 2.31. The van der Waals surface area contributed by atoms with Gasteiger partial charge in [0.05, 0.1) is 18.4 Å². The lowest BCUT2D eigenvalue weighted by molar-refractivity contribution is -0.0930. The van der Waals surface area contributed by atoms with Crippen LogP contribution in [-0.2, 0) is 4.84 Å². The third kappa shape index (κ3) is 5.28. The summed E-state index contributed by atoms with van der Waals surface area (Å²) in [6, 6.07) is 0.201. The van der Waals surface area contributed by atoms with Crippen LogP contribution in [0.25, 0.3) is 0 Å². The SMILES string of the molecule is CN(C)C1CCC(C2NOC([C@H]3CCCN3CC3CCC(N([O-])O)CC3)N2)CN1. The minimum absolute atomic E-state index is 0.0417. The first-order chi connectivity index (χ1) is 14.0. The van der Waals surface area contributed by atoms with Crippen molar-refractivity contribution in [3.05, 3.63) is 5.21 Å². The molecule has 4 N–H and O–H groups in total. The van der Waals surface area contributed by atoms with E-state index in [0.717, 1.165) is 58.2 Å². The molecule has 9 heteroatoms. The second kappa shape index (κ2) is 9.84. The van der Waals surface area contributed by atoms with E-state index in [0.29, 0.717) is 24.0 Å². The summed E-state index contributed by atoms with van der Waals surface area (Å²) in [6.07, 6.45) is 9.10. The Morgan fingerprint density at radius 3 is 2.55 bits per heavy atom. The maximum atomic E-state index is 11.1. The van der Waals surface area contributed by atoms with Crippen LogP contribution >= 0.6 is 0 Å². The molecule has 9 nitrogen and oxygen atoms in total. The summed E-state index contributed by atoms with van der Waals surface area (Å²) >= 11 is 0.